The normalized spacial score (nSPS) is 33.9. The molecule has 0 amide bonds. The largest absolute Gasteiger partial charge is 0.0625 e. The highest BCUT2D eigenvalue weighted by Gasteiger charge is 2.48. The Bertz CT molecular complexity index is 306. The van der Waals surface area contributed by atoms with Gasteiger partial charge in [-0.15, -0.1) is 0 Å². The number of hydrogen-bond donors (Lipinski definition) is 0. The second-order valence-electron chi connectivity index (χ2n) is 9.28. The zero-order valence-corrected chi connectivity index (χ0v) is 15.6. The van der Waals surface area contributed by atoms with Crippen LogP contribution in [0, 0.1) is 40.9 Å². The number of hydrogen-bond acceptors (Lipinski definition) is 0. The average Bonchev–Trinajstić information content (AvgIpc) is 2.47. The minimum Gasteiger partial charge on any atom is -0.0625 e. The molecule has 0 N–H and O–H groups in total. The Hall–Kier alpha value is 0. The fraction of sp³-hybridized carbons (Fsp3) is 1.00. The molecule has 0 aromatic rings. The SMILES string of the molecule is CC(C)C1CCC(C(C)C)C(C2(C(C)C)CCCCC2)C1. The van der Waals surface area contributed by atoms with Crippen molar-refractivity contribution in [2.24, 2.45) is 40.9 Å². The van der Waals surface area contributed by atoms with Crippen LogP contribution in [0.25, 0.3) is 0 Å². The molecule has 0 nitrogen and oxygen atoms in total. The fourth-order valence-electron chi connectivity index (χ4n) is 5.88. The molecule has 2 aliphatic carbocycles. The molecular formula is C21H40. The summed E-state index contributed by atoms with van der Waals surface area (Å²) in [5.74, 6) is 5.60. The van der Waals surface area contributed by atoms with Crippen LogP contribution in [-0.2, 0) is 0 Å². The van der Waals surface area contributed by atoms with Crippen molar-refractivity contribution >= 4 is 0 Å². The van der Waals surface area contributed by atoms with E-state index in [9.17, 15) is 0 Å². The van der Waals surface area contributed by atoms with E-state index < -0.39 is 0 Å². The maximum atomic E-state index is 2.53. The van der Waals surface area contributed by atoms with E-state index in [0.29, 0.717) is 5.41 Å². The summed E-state index contributed by atoms with van der Waals surface area (Å²) in [7, 11) is 0. The summed E-state index contributed by atoms with van der Waals surface area (Å²) < 4.78 is 0. The quantitative estimate of drug-likeness (QED) is 0.526. The lowest BCUT2D eigenvalue weighted by molar-refractivity contribution is -0.0479. The maximum absolute atomic E-state index is 2.53. The summed E-state index contributed by atoms with van der Waals surface area (Å²) in [5.41, 5.74) is 0.667. The lowest BCUT2D eigenvalue weighted by Crippen LogP contribution is -2.46. The maximum Gasteiger partial charge on any atom is -0.0243 e. The van der Waals surface area contributed by atoms with Crippen LogP contribution >= 0.6 is 0 Å². The van der Waals surface area contributed by atoms with Gasteiger partial charge in [0.25, 0.3) is 0 Å². The van der Waals surface area contributed by atoms with E-state index >= 15 is 0 Å². The van der Waals surface area contributed by atoms with Crippen LogP contribution in [0.5, 0.6) is 0 Å². The van der Waals surface area contributed by atoms with Gasteiger partial charge in [0.2, 0.25) is 0 Å². The summed E-state index contributed by atoms with van der Waals surface area (Å²) in [6.07, 6.45) is 12.0. The average molecular weight is 293 g/mol. The third-order valence-electron chi connectivity index (χ3n) is 7.42. The van der Waals surface area contributed by atoms with Crippen molar-refractivity contribution in [1.29, 1.82) is 0 Å². The zero-order chi connectivity index (χ0) is 15.6. The summed E-state index contributed by atoms with van der Waals surface area (Å²) in [4.78, 5) is 0. The number of rotatable bonds is 4. The topological polar surface area (TPSA) is 0 Å². The van der Waals surface area contributed by atoms with Gasteiger partial charge in [-0.2, -0.15) is 0 Å². The third-order valence-corrected chi connectivity index (χ3v) is 7.42. The van der Waals surface area contributed by atoms with Crippen molar-refractivity contribution in [3.8, 4) is 0 Å². The molecule has 124 valence electrons. The molecule has 0 aliphatic heterocycles. The van der Waals surface area contributed by atoms with Gasteiger partial charge in [0.1, 0.15) is 0 Å². The minimum atomic E-state index is 0.667. The van der Waals surface area contributed by atoms with Crippen LogP contribution in [0.4, 0.5) is 0 Å². The van der Waals surface area contributed by atoms with E-state index in [2.05, 4.69) is 41.5 Å². The molecule has 2 rings (SSSR count). The first-order chi connectivity index (χ1) is 9.88. The van der Waals surface area contributed by atoms with Gasteiger partial charge in [0.15, 0.2) is 0 Å². The van der Waals surface area contributed by atoms with Crippen LogP contribution in [0.15, 0.2) is 0 Å². The van der Waals surface area contributed by atoms with Gasteiger partial charge in [-0.05, 0) is 73.0 Å². The molecule has 0 aromatic heterocycles. The summed E-state index contributed by atoms with van der Waals surface area (Å²) in [6.45, 7) is 15.0. The van der Waals surface area contributed by atoms with E-state index in [4.69, 9.17) is 0 Å². The van der Waals surface area contributed by atoms with E-state index in [1.165, 1.54) is 51.4 Å². The molecule has 0 bridgehead atoms. The van der Waals surface area contributed by atoms with Gasteiger partial charge in [-0.25, -0.2) is 0 Å². The third kappa shape index (κ3) is 3.50. The molecule has 3 unspecified atom stereocenters. The van der Waals surface area contributed by atoms with Crippen LogP contribution in [0.1, 0.15) is 92.9 Å². The molecule has 0 saturated heterocycles. The molecule has 2 fully saturated rings. The summed E-state index contributed by atoms with van der Waals surface area (Å²) >= 11 is 0. The first-order valence-corrected chi connectivity index (χ1v) is 9.88. The Morgan fingerprint density at radius 3 is 1.86 bits per heavy atom. The molecule has 21 heavy (non-hydrogen) atoms. The summed E-state index contributed by atoms with van der Waals surface area (Å²) in [5, 5.41) is 0. The van der Waals surface area contributed by atoms with Crippen LogP contribution in [0.3, 0.4) is 0 Å². The van der Waals surface area contributed by atoms with Crippen molar-refractivity contribution in [1.82, 2.24) is 0 Å². The Balaban J connectivity index is 2.27. The Labute approximate surface area is 134 Å². The van der Waals surface area contributed by atoms with Gasteiger partial charge < -0.3 is 0 Å². The molecular weight excluding hydrogens is 252 g/mol. The fourth-order valence-corrected chi connectivity index (χ4v) is 5.88. The second-order valence-corrected chi connectivity index (χ2v) is 9.28. The highest BCUT2D eigenvalue weighted by atomic mass is 14.5. The van der Waals surface area contributed by atoms with Crippen molar-refractivity contribution in [3.05, 3.63) is 0 Å². The molecule has 2 aliphatic rings. The van der Waals surface area contributed by atoms with Crippen LogP contribution < -0.4 is 0 Å². The first kappa shape index (κ1) is 17.4. The van der Waals surface area contributed by atoms with Gasteiger partial charge in [0, 0.05) is 0 Å². The van der Waals surface area contributed by atoms with E-state index in [-0.39, 0.29) is 0 Å². The Morgan fingerprint density at radius 1 is 0.762 bits per heavy atom. The lowest BCUT2D eigenvalue weighted by Gasteiger charge is -2.54. The molecule has 0 spiro atoms. The van der Waals surface area contributed by atoms with E-state index in [1.807, 2.05) is 0 Å². The zero-order valence-electron chi connectivity index (χ0n) is 15.6. The second kappa shape index (κ2) is 7.05. The highest BCUT2D eigenvalue weighted by Crippen LogP contribution is 2.57. The van der Waals surface area contributed by atoms with Crippen LogP contribution in [-0.4, -0.2) is 0 Å². The smallest absolute Gasteiger partial charge is 0.0243 e. The molecule has 0 aromatic carbocycles. The van der Waals surface area contributed by atoms with Crippen LogP contribution in [0.2, 0.25) is 0 Å². The lowest BCUT2D eigenvalue weighted by atomic mass is 9.51. The predicted octanol–water partition coefficient (Wildman–Crippen LogP) is 6.94. The molecule has 2 saturated carbocycles. The molecule has 3 atom stereocenters. The monoisotopic (exact) mass is 292 g/mol. The van der Waals surface area contributed by atoms with Crippen molar-refractivity contribution in [3.63, 3.8) is 0 Å². The summed E-state index contributed by atoms with van der Waals surface area (Å²) in [6, 6.07) is 0. The highest BCUT2D eigenvalue weighted by molar-refractivity contribution is 4.98. The van der Waals surface area contributed by atoms with Gasteiger partial charge in [-0.3, -0.25) is 0 Å². The first-order valence-electron chi connectivity index (χ1n) is 9.88. The van der Waals surface area contributed by atoms with E-state index in [0.717, 1.165) is 35.5 Å². The van der Waals surface area contributed by atoms with Crippen molar-refractivity contribution in [2.75, 3.05) is 0 Å². The Kier molecular flexibility index (Phi) is 5.83. The van der Waals surface area contributed by atoms with Gasteiger partial charge in [-0.1, -0.05) is 60.8 Å². The van der Waals surface area contributed by atoms with E-state index in [1.54, 1.807) is 0 Å². The molecule has 0 radical (unpaired) electrons. The van der Waals surface area contributed by atoms with Gasteiger partial charge in [0.05, 0.1) is 0 Å². The molecule has 0 heteroatoms. The molecule has 0 heterocycles. The standard InChI is InChI=1S/C21H40/c1-15(2)18-10-11-19(16(3)4)20(14-18)21(17(5)6)12-8-7-9-13-21/h15-20H,7-14H2,1-6H3. The van der Waals surface area contributed by atoms with Gasteiger partial charge >= 0.3 is 0 Å². The predicted molar refractivity (Wildman–Crippen MR) is 94.4 cm³/mol. The van der Waals surface area contributed by atoms with Crippen molar-refractivity contribution < 1.29 is 0 Å². The Morgan fingerprint density at radius 2 is 1.38 bits per heavy atom. The van der Waals surface area contributed by atoms with Crippen molar-refractivity contribution in [2.45, 2.75) is 92.9 Å². The minimum absolute atomic E-state index is 0.667.